The minimum Gasteiger partial charge on any atom is -0.348 e. The number of hydrogen-bond donors (Lipinski definition) is 2. The normalized spacial score (nSPS) is 11.1. The van der Waals surface area contributed by atoms with Crippen LogP contribution in [0.25, 0.3) is 0 Å². The number of rotatable bonds is 6. The van der Waals surface area contributed by atoms with E-state index < -0.39 is 38.3 Å². The molecule has 0 heterocycles. The fraction of sp³-hybridized carbons (Fsp3) is 0.0500. The van der Waals surface area contributed by atoms with Crippen LogP contribution in [0.15, 0.2) is 71.6 Å². The van der Waals surface area contributed by atoms with E-state index in [0.717, 1.165) is 12.1 Å². The van der Waals surface area contributed by atoms with Crippen molar-refractivity contribution in [2.24, 2.45) is 0 Å². The van der Waals surface area contributed by atoms with E-state index in [1.54, 1.807) is 6.07 Å². The molecule has 0 unspecified atom stereocenters. The average Bonchev–Trinajstić information content (AvgIpc) is 2.68. The molecular formula is C20H15F3N2O3S. The first-order valence-corrected chi connectivity index (χ1v) is 9.83. The summed E-state index contributed by atoms with van der Waals surface area (Å²) in [5.74, 6) is -3.27. The molecule has 0 aromatic heterocycles. The third kappa shape index (κ3) is 5.14. The van der Waals surface area contributed by atoms with E-state index in [2.05, 4.69) is 10.0 Å². The van der Waals surface area contributed by atoms with Gasteiger partial charge in [0.15, 0.2) is 11.6 Å². The van der Waals surface area contributed by atoms with Crippen molar-refractivity contribution < 1.29 is 26.4 Å². The number of hydrogen-bond acceptors (Lipinski definition) is 3. The number of benzene rings is 3. The number of anilines is 1. The number of nitrogens with one attached hydrogen (secondary N) is 2. The van der Waals surface area contributed by atoms with E-state index in [-0.39, 0.29) is 17.8 Å². The maximum atomic E-state index is 13.3. The molecule has 0 aliphatic carbocycles. The van der Waals surface area contributed by atoms with Gasteiger partial charge in [-0.2, -0.15) is 0 Å². The third-order valence-electron chi connectivity index (χ3n) is 3.94. The first kappa shape index (κ1) is 20.4. The molecule has 3 aromatic rings. The van der Waals surface area contributed by atoms with E-state index >= 15 is 0 Å². The Kier molecular flexibility index (Phi) is 5.88. The van der Waals surface area contributed by atoms with Crippen LogP contribution in [0.5, 0.6) is 0 Å². The summed E-state index contributed by atoms with van der Waals surface area (Å²) in [6, 6.07) is 13.5. The number of halogens is 3. The van der Waals surface area contributed by atoms with E-state index in [1.807, 2.05) is 0 Å². The van der Waals surface area contributed by atoms with E-state index in [4.69, 9.17) is 0 Å². The summed E-state index contributed by atoms with van der Waals surface area (Å²) in [5.41, 5.74) is 0.989. The predicted molar refractivity (Wildman–Crippen MR) is 101 cm³/mol. The zero-order chi connectivity index (χ0) is 21.0. The Bertz CT molecular complexity index is 1150. The second-order valence-corrected chi connectivity index (χ2v) is 7.75. The highest BCUT2D eigenvalue weighted by atomic mass is 32.2. The van der Waals surface area contributed by atoms with Crippen molar-refractivity contribution in [2.75, 3.05) is 4.72 Å². The second kappa shape index (κ2) is 8.36. The Labute approximate surface area is 165 Å². The summed E-state index contributed by atoms with van der Waals surface area (Å²) in [7, 11) is -4.13. The molecule has 9 heteroatoms. The molecular weight excluding hydrogens is 405 g/mol. The molecule has 0 bridgehead atoms. The molecule has 1 amide bonds. The van der Waals surface area contributed by atoms with Crippen LogP contribution in [0.3, 0.4) is 0 Å². The minimum atomic E-state index is -4.13. The maximum absolute atomic E-state index is 13.3. The molecule has 0 atom stereocenters. The number of sulfonamides is 1. The van der Waals surface area contributed by atoms with Crippen LogP contribution in [-0.4, -0.2) is 14.3 Å². The smallest absolute Gasteiger partial charge is 0.261 e. The van der Waals surface area contributed by atoms with Gasteiger partial charge in [0.1, 0.15) is 5.82 Å². The lowest BCUT2D eigenvalue weighted by molar-refractivity contribution is 0.0951. The number of carbonyl (C=O) groups excluding carboxylic acids is 1. The zero-order valence-corrected chi connectivity index (χ0v) is 15.6. The molecule has 0 aliphatic rings. The van der Waals surface area contributed by atoms with Gasteiger partial charge in [0, 0.05) is 17.8 Å². The summed E-state index contributed by atoms with van der Waals surface area (Å²) in [6.45, 7) is 0.126. The standard InChI is InChI=1S/C20H15F3N2O3S/c21-15-3-1-2-13(10-15)12-24-20(26)14-4-6-16(7-5-14)25-29(27,28)17-8-9-18(22)19(23)11-17/h1-11,25H,12H2,(H,24,26). The van der Waals surface area contributed by atoms with Crippen molar-refractivity contribution >= 4 is 21.6 Å². The monoisotopic (exact) mass is 420 g/mol. The van der Waals surface area contributed by atoms with Crippen LogP contribution < -0.4 is 10.0 Å². The third-order valence-corrected chi connectivity index (χ3v) is 5.32. The Morgan fingerprint density at radius 3 is 2.24 bits per heavy atom. The van der Waals surface area contributed by atoms with Gasteiger partial charge in [-0.05, 0) is 60.2 Å². The molecule has 150 valence electrons. The average molecular weight is 420 g/mol. The molecule has 3 rings (SSSR count). The van der Waals surface area contributed by atoms with Gasteiger partial charge in [-0.1, -0.05) is 12.1 Å². The number of carbonyl (C=O) groups is 1. The Morgan fingerprint density at radius 2 is 1.59 bits per heavy atom. The van der Waals surface area contributed by atoms with Crippen LogP contribution >= 0.6 is 0 Å². The molecule has 29 heavy (non-hydrogen) atoms. The Hall–Kier alpha value is -3.33. The highest BCUT2D eigenvalue weighted by Crippen LogP contribution is 2.19. The first-order valence-electron chi connectivity index (χ1n) is 8.35. The first-order chi connectivity index (χ1) is 13.7. The summed E-state index contributed by atoms with van der Waals surface area (Å²) < 4.78 is 66.1. The quantitative estimate of drug-likeness (QED) is 0.636. The van der Waals surface area contributed by atoms with Crippen molar-refractivity contribution in [3.05, 3.63) is 95.3 Å². The molecule has 0 radical (unpaired) electrons. The van der Waals surface area contributed by atoms with Crippen LogP contribution in [0.2, 0.25) is 0 Å². The van der Waals surface area contributed by atoms with Crippen molar-refractivity contribution in [3.63, 3.8) is 0 Å². The lowest BCUT2D eigenvalue weighted by Crippen LogP contribution is -2.22. The Morgan fingerprint density at radius 1 is 0.862 bits per heavy atom. The van der Waals surface area contributed by atoms with Gasteiger partial charge in [-0.3, -0.25) is 9.52 Å². The molecule has 5 nitrogen and oxygen atoms in total. The van der Waals surface area contributed by atoms with Gasteiger partial charge in [-0.25, -0.2) is 21.6 Å². The topological polar surface area (TPSA) is 75.3 Å². The van der Waals surface area contributed by atoms with Crippen LogP contribution in [-0.2, 0) is 16.6 Å². The molecule has 0 aliphatic heterocycles. The zero-order valence-electron chi connectivity index (χ0n) is 14.8. The lowest BCUT2D eigenvalue weighted by Gasteiger charge is -2.10. The highest BCUT2D eigenvalue weighted by Gasteiger charge is 2.17. The van der Waals surface area contributed by atoms with Crippen LogP contribution in [0.4, 0.5) is 18.9 Å². The van der Waals surface area contributed by atoms with Gasteiger partial charge in [0.25, 0.3) is 15.9 Å². The van der Waals surface area contributed by atoms with Crippen LogP contribution in [0, 0.1) is 17.5 Å². The Balaban J connectivity index is 1.66. The largest absolute Gasteiger partial charge is 0.348 e. The van der Waals surface area contributed by atoms with E-state index in [0.29, 0.717) is 11.6 Å². The van der Waals surface area contributed by atoms with Gasteiger partial charge in [-0.15, -0.1) is 0 Å². The van der Waals surface area contributed by atoms with E-state index in [1.165, 1.54) is 42.5 Å². The molecule has 0 saturated carbocycles. The SMILES string of the molecule is O=C(NCc1cccc(F)c1)c1ccc(NS(=O)(=O)c2ccc(F)c(F)c2)cc1. The predicted octanol–water partition coefficient (Wildman–Crippen LogP) is 3.83. The van der Waals surface area contributed by atoms with Gasteiger partial charge in [0.05, 0.1) is 4.90 Å². The van der Waals surface area contributed by atoms with Gasteiger partial charge >= 0.3 is 0 Å². The summed E-state index contributed by atoms with van der Waals surface area (Å²) >= 11 is 0. The number of amides is 1. The van der Waals surface area contributed by atoms with Gasteiger partial charge < -0.3 is 5.32 Å². The molecule has 0 spiro atoms. The summed E-state index contributed by atoms with van der Waals surface area (Å²) in [6.07, 6.45) is 0. The van der Waals surface area contributed by atoms with E-state index in [9.17, 15) is 26.4 Å². The van der Waals surface area contributed by atoms with Gasteiger partial charge in [0.2, 0.25) is 0 Å². The molecule has 0 saturated heterocycles. The molecule has 0 fully saturated rings. The van der Waals surface area contributed by atoms with Crippen molar-refractivity contribution in [3.8, 4) is 0 Å². The van der Waals surface area contributed by atoms with Crippen molar-refractivity contribution in [2.45, 2.75) is 11.4 Å². The molecule has 3 aromatic carbocycles. The minimum absolute atomic E-state index is 0.126. The fourth-order valence-electron chi connectivity index (χ4n) is 2.48. The molecule has 2 N–H and O–H groups in total. The lowest BCUT2D eigenvalue weighted by atomic mass is 10.2. The second-order valence-electron chi connectivity index (χ2n) is 6.07. The fourth-order valence-corrected chi connectivity index (χ4v) is 3.55. The highest BCUT2D eigenvalue weighted by molar-refractivity contribution is 7.92. The summed E-state index contributed by atoms with van der Waals surface area (Å²) in [4.78, 5) is 11.7. The van der Waals surface area contributed by atoms with Crippen molar-refractivity contribution in [1.82, 2.24) is 5.32 Å². The summed E-state index contributed by atoms with van der Waals surface area (Å²) in [5, 5.41) is 2.63. The maximum Gasteiger partial charge on any atom is 0.261 e. The van der Waals surface area contributed by atoms with Crippen molar-refractivity contribution in [1.29, 1.82) is 0 Å². The van der Waals surface area contributed by atoms with Crippen LogP contribution in [0.1, 0.15) is 15.9 Å².